The minimum absolute atomic E-state index is 0.0314. The Kier molecular flexibility index (Phi) is 4.93. The smallest absolute Gasteiger partial charge is 0.340 e. The maximum absolute atomic E-state index is 13.8. The topological polar surface area (TPSA) is 49.8 Å². The average molecular weight is 380 g/mol. The van der Waals surface area contributed by atoms with Crippen LogP contribution in [0.4, 0.5) is 45.0 Å². The molecule has 0 atom stereocenters. The number of alkyl halides is 3. The van der Waals surface area contributed by atoms with Crippen LogP contribution in [-0.2, 0) is 6.18 Å². The van der Waals surface area contributed by atoms with E-state index in [-0.39, 0.29) is 28.8 Å². The van der Waals surface area contributed by atoms with Gasteiger partial charge < -0.3 is 10.6 Å². The van der Waals surface area contributed by atoms with Crippen molar-refractivity contribution in [1.82, 2.24) is 9.97 Å². The standard InChI is InChI=1S/C18H13F5N4/c1-10-24-16(26-14-5-3-2-4-12(14)18(21,22)23)9-17(25-10)27-15-7-6-11(19)8-13(15)20/h2-9H,1H3,(H2,24,25,26,27). The number of anilines is 4. The van der Waals surface area contributed by atoms with Gasteiger partial charge in [0, 0.05) is 12.1 Å². The molecule has 0 saturated heterocycles. The van der Waals surface area contributed by atoms with E-state index in [9.17, 15) is 22.0 Å². The zero-order chi connectivity index (χ0) is 19.6. The molecule has 4 nitrogen and oxygen atoms in total. The molecule has 27 heavy (non-hydrogen) atoms. The number of halogens is 5. The molecule has 0 aliphatic carbocycles. The summed E-state index contributed by atoms with van der Waals surface area (Å²) in [6.07, 6.45) is -4.54. The van der Waals surface area contributed by atoms with Crippen LogP contribution in [-0.4, -0.2) is 9.97 Å². The number of hydrogen-bond acceptors (Lipinski definition) is 4. The first-order chi connectivity index (χ1) is 12.7. The highest BCUT2D eigenvalue weighted by molar-refractivity contribution is 5.65. The third-order valence-electron chi connectivity index (χ3n) is 3.53. The van der Waals surface area contributed by atoms with Crippen molar-refractivity contribution < 1.29 is 22.0 Å². The van der Waals surface area contributed by atoms with Crippen molar-refractivity contribution in [1.29, 1.82) is 0 Å². The summed E-state index contributed by atoms with van der Waals surface area (Å²) >= 11 is 0. The molecule has 0 fully saturated rings. The number of aryl methyl sites for hydroxylation is 1. The van der Waals surface area contributed by atoms with Crippen LogP contribution < -0.4 is 10.6 Å². The predicted molar refractivity (Wildman–Crippen MR) is 91.1 cm³/mol. The van der Waals surface area contributed by atoms with Gasteiger partial charge in [-0.15, -0.1) is 0 Å². The van der Waals surface area contributed by atoms with Gasteiger partial charge in [-0.2, -0.15) is 13.2 Å². The third kappa shape index (κ3) is 4.49. The Hall–Kier alpha value is -3.23. The third-order valence-corrected chi connectivity index (χ3v) is 3.53. The highest BCUT2D eigenvalue weighted by Gasteiger charge is 2.33. The first-order valence-electron chi connectivity index (χ1n) is 7.73. The van der Waals surface area contributed by atoms with Crippen LogP contribution in [0, 0.1) is 18.6 Å². The van der Waals surface area contributed by atoms with Gasteiger partial charge in [0.1, 0.15) is 29.1 Å². The van der Waals surface area contributed by atoms with Gasteiger partial charge in [0.05, 0.1) is 16.9 Å². The number of nitrogens with zero attached hydrogens (tertiary/aromatic N) is 2. The summed E-state index contributed by atoms with van der Waals surface area (Å²) in [5.74, 6) is -1.09. The van der Waals surface area contributed by atoms with Crippen LogP contribution in [0.1, 0.15) is 11.4 Å². The number of hydrogen-bond donors (Lipinski definition) is 2. The lowest BCUT2D eigenvalue weighted by atomic mass is 10.1. The summed E-state index contributed by atoms with van der Waals surface area (Å²) in [4.78, 5) is 8.11. The van der Waals surface area contributed by atoms with Gasteiger partial charge in [-0.1, -0.05) is 12.1 Å². The largest absolute Gasteiger partial charge is 0.418 e. The SMILES string of the molecule is Cc1nc(Nc2ccc(F)cc2F)cc(Nc2ccccc2C(F)(F)F)n1. The second-order valence-corrected chi connectivity index (χ2v) is 5.60. The fourth-order valence-corrected chi connectivity index (χ4v) is 2.40. The van der Waals surface area contributed by atoms with E-state index in [1.165, 1.54) is 37.3 Å². The summed E-state index contributed by atoms with van der Waals surface area (Å²) < 4.78 is 66.1. The number of para-hydroxylation sites is 1. The van der Waals surface area contributed by atoms with Gasteiger partial charge >= 0.3 is 6.18 Å². The monoisotopic (exact) mass is 380 g/mol. The van der Waals surface area contributed by atoms with E-state index >= 15 is 0 Å². The summed E-state index contributed by atoms with van der Waals surface area (Å²) in [5.41, 5.74) is -1.06. The van der Waals surface area contributed by atoms with Crippen molar-refractivity contribution in [2.45, 2.75) is 13.1 Å². The molecule has 0 spiro atoms. The number of benzene rings is 2. The Morgan fingerprint density at radius 1 is 0.815 bits per heavy atom. The molecule has 1 aromatic heterocycles. The van der Waals surface area contributed by atoms with Crippen LogP contribution in [0.2, 0.25) is 0 Å². The van der Waals surface area contributed by atoms with Crippen molar-refractivity contribution in [3.05, 3.63) is 71.6 Å². The van der Waals surface area contributed by atoms with Crippen molar-refractivity contribution in [3.63, 3.8) is 0 Å². The van der Waals surface area contributed by atoms with Crippen LogP contribution in [0.15, 0.2) is 48.5 Å². The molecule has 0 aliphatic rings. The van der Waals surface area contributed by atoms with E-state index in [0.29, 0.717) is 6.07 Å². The van der Waals surface area contributed by atoms with Gasteiger partial charge in [-0.3, -0.25) is 0 Å². The summed E-state index contributed by atoms with van der Waals surface area (Å²) in [7, 11) is 0. The Bertz CT molecular complexity index is 972. The lowest BCUT2D eigenvalue weighted by Crippen LogP contribution is -2.09. The van der Waals surface area contributed by atoms with Crippen LogP contribution >= 0.6 is 0 Å². The van der Waals surface area contributed by atoms with E-state index < -0.39 is 23.4 Å². The molecule has 3 aromatic rings. The minimum Gasteiger partial charge on any atom is -0.340 e. The maximum atomic E-state index is 13.8. The average Bonchev–Trinajstić information content (AvgIpc) is 2.56. The minimum atomic E-state index is -4.54. The van der Waals surface area contributed by atoms with E-state index in [2.05, 4.69) is 20.6 Å². The molecule has 0 saturated carbocycles. The summed E-state index contributed by atoms with van der Waals surface area (Å²) in [5, 5.41) is 5.26. The van der Waals surface area contributed by atoms with Gasteiger partial charge in [-0.25, -0.2) is 18.7 Å². The second-order valence-electron chi connectivity index (χ2n) is 5.60. The zero-order valence-corrected chi connectivity index (χ0v) is 13.9. The number of nitrogens with one attached hydrogen (secondary N) is 2. The molecular weight excluding hydrogens is 367 g/mol. The van der Waals surface area contributed by atoms with Gasteiger partial charge in [0.2, 0.25) is 0 Å². The van der Waals surface area contributed by atoms with Gasteiger partial charge in [0.25, 0.3) is 0 Å². The van der Waals surface area contributed by atoms with Crippen molar-refractivity contribution in [3.8, 4) is 0 Å². The molecule has 2 aromatic carbocycles. The molecular formula is C18H13F5N4. The Morgan fingerprint density at radius 3 is 2.07 bits per heavy atom. The quantitative estimate of drug-likeness (QED) is 0.581. The molecule has 0 unspecified atom stereocenters. The fraction of sp³-hybridized carbons (Fsp3) is 0.111. The van der Waals surface area contributed by atoms with Crippen LogP contribution in [0.3, 0.4) is 0 Å². The van der Waals surface area contributed by atoms with Crippen molar-refractivity contribution in [2.75, 3.05) is 10.6 Å². The van der Waals surface area contributed by atoms with Gasteiger partial charge in [-0.05, 0) is 31.2 Å². The Balaban J connectivity index is 1.91. The molecule has 3 rings (SSSR count). The van der Waals surface area contributed by atoms with E-state index in [1.54, 1.807) is 0 Å². The van der Waals surface area contributed by atoms with Crippen LogP contribution in [0.5, 0.6) is 0 Å². The lowest BCUT2D eigenvalue weighted by Gasteiger charge is -2.15. The van der Waals surface area contributed by atoms with E-state index in [0.717, 1.165) is 12.1 Å². The molecule has 1 heterocycles. The van der Waals surface area contributed by atoms with Crippen LogP contribution in [0.25, 0.3) is 0 Å². The van der Waals surface area contributed by atoms with E-state index in [1.807, 2.05) is 0 Å². The molecule has 2 N–H and O–H groups in total. The fourth-order valence-electron chi connectivity index (χ4n) is 2.40. The normalized spacial score (nSPS) is 11.3. The van der Waals surface area contributed by atoms with Crippen molar-refractivity contribution in [2.24, 2.45) is 0 Å². The lowest BCUT2D eigenvalue weighted by molar-refractivity contribution is -0.136. The first kappa shape index (κ1) is 18.6. The second kappa shape index (κ2) is 7.18. The molecule has 9 heteroatoms. The number of aromatic nitrogens is 2. The first-order valence-corrected chi connectivity index (χ1v) is 7.73. The highest BCUT2D eigenvalue weighted by Crippen LogP contribution is 2.35. The highest BCUT2D eigenvalue weighted by atomic mass is 19.4. The molecule has 140 valence electrons. The molecule has 0 aliphatic heterocycles. The molecule has 0 amide bonds. The molecule has 0 bridgehead atoms. The predicted octanol–water partition coefficient (Wildman–Crippen LogP) is 5.57. The summed E-state index contributed by atoms with van der Waals surface area (Å²) in [6, 6.07) is 9.24. The van der Waals surface area contributed by atoms with Gasteiger partial charge in [0.15, 0.2) is 0 Å². The zero-order valence-electron chi connectivity index (χ0n) is 13.9. The molecule has 0 radical (unpaired) electrons. The van der Waals surface area contributed by atoms with E-state index in [4.69, 9.17) is 0 Å². The maximum Gasteiger partial charge on any atom is 0.418 e. The Labute approximate surface area is 151 Å². The number of rotatable bonds is 4. The Morgan fingerprint density at radius 2 is 1.44 bits per heavy atom. The summed E-state index contributed by atoms with van der Waals surface area (Å²) in [6.45, 7) is 1.53. The van der Waals surface area contributed by atoms with Crippen molar-refractivity contribution >= 4 is 23.0 Å².